The van der Waals surface area contributed by atoms with E-state index in [2.05, 4.69) is 31.2 Å². The maximum absolute atomic E-state index is 14.1. The second-order valence-corrected chi connectivity index (χ2v) is 8.20. The number of nitrogens with one attached hydrogen (secondary N) is 1. The van der Waals surface area contributed by atoms with Crippen molar-refractivity contribution in [3.8, 4) is 0 Å². The number of para-hydroxylation sites is 2. The fourth-order valence-corrected chi connectivity index (χ4v) is 3.94. The number of hydrogen-bond acceptors (Lipinski definition) is 4. The van der Waals surface area contributed by atoms with Gasteiger partial charge in [0.15, 0.2) is 11.5 Å². The van der Waals surface area contributed by atoms with E-state index in [0.717, 1.165) is 0 Å². The van der Waals surface area contributed by atoms with Gasteiger partial charge in [-0.05, 0) is 43.2 Å². The molecule has 5 nitrogen and oxygen atoms in total. The zero-order valence-electron chi connectivity index (χ0n) is 16.1. The average Bonchev–Trinajstić information content (AvgIpc) is 2.74. The normalized spacial score (nSPS) is 17.1. The predicted molar refractivity (Wildman–Crippen MR) is 112 cm³/mol. The van der Waals surface area contributed by atoms with Gasteiger partial charge in [0.25, 0.3) is 0 Å². The van der Waals surface area contributed by atoms with Gasteiger partial charge in [-0.3, -0.25) is 4.79 Å². The van der Waals surface area contributed by atoms with Crippen LogP contribution < -0.4 is 10.2 Å². The number of halogens is 5. The second kappa shape index (κ2) is 8.41. The highest BCUT2D eigenvalue weighted by atomic mass is 79.9. The predicted octanol–water partition coefficient (Wildman–Crippen LogP) is 5.41. The summed E-state index contributed by atoms with van der Waals surface area (Å²) < 4.78 is 55.7. The van der Waals surface area contributed by atoms with Gasteiger partial charge < -0.3 is 10.2 Å². The summed E-state index contributed by atoms with van der Waals surface area (Å²) in [7, 11) is 0. The molecule has 0 spiro atoms. The van der Waals surface area contributed by atoms with Crippen LogP contribution in [0.4, 0.5) is 29.1 Å². The summed E-state index contributed by atoms with van der Waals surface area (Å²) >= 11 is 3.15. The Hall–Kier alpha value is -2.75. The molecule has 1 fully saturated rings. The Kier molecular flexibility index (Phi) is 5.83. The Morgan fingerprint density at radius 1 is 1.13 bits per heavy atom. The highest BCUT2D eigenvalue weighted by Crippen LogP contribution is 2.37. The number of benzene rings is 2. The van der Waals surface area contributed by atoms with Crippen molar-refractivity contribution < 1.29 is 22.4 Å². The van der Waals surface area contributed by atoms with E-state index in [-0.39, 0.29) is 23.6 Å². The van der Waals surface area contributed by atoms with Gasteiger partial charge in [0.1, 0.15) is 5.82 Å². The van der Waals surface area contributed by atoms with Gasteiger partial charge in [-0.2, -0.15) is 13.2 Å². The second-order valence-electron chi connectivity index (χ2n) is 7.28. The largest absolute Gasteiger partial charge is 0.437 e. The van der Waals surface area contributed by atoms with Gasteiger partial charge in [0.05, 0.1) is 22.6 Å². The number of anilines is 2. The van der Waals surface area contributed by atoms with E-state index >= 15 is 0 Å². The van der Waals surface area contributed by atoms with Gasteiger partial charge in [-0.15, -0.1) is 0 Å². The standard InChI is InChI=1S/C21H17BrF4N4O/c22-13-7-8-15(14(23)10-13)29-20(31)12-4-3-9-30(11-12)19-18(21(24,25)26)27-16-5-1-2-6-17(16)28-19/h1-2,5-8,10,12H,3-4,9,11H2,(H,29,31)/t12-/m0/s1. The third-order valence-electron chi connectivity index (χ3n) is 5.10. The van der Waals surface area contributed by atoms with Crippen LogP contribution in [0.2, 0.25) is 0 Å². The smallest absolute Gasteiger partial charge is 0.354 e. The van der Waals surface area contributed by atoms with Crippen molar-refractivity contribution >= 4 is 44.4 Å². The fraction of sp³-hybridized carbons (Fsp3) is 0.286. The van der Waals surface area contributed by atoms with Crippen LogP contribution in [-0.2, 0) is 11.0 Å². The summed E-state index contributed by atoms with van der Waals surface area (Å²) in [5, 5.41) is 2.53. The monoisotopic (exact) mass is 496 g/mol. The molecule has 0 bridgehead atoms. The molecule has 0 aliphatic carbocycles. The highest BCUT2D eigenvalue weighted by molar-refractivity contribution is 9.10. The lowest BCUT2D eigenvalue weighted by Crippen LogP contribution is -2.42. The average molecular weight is 497 g/mol. The third-order valence-corrected chi connectivity index (χ3v) is 5.59. The summed E-state index contributed by atoms with van der Waals surface area (Å²) in [6.07, 6.45) is -3.72. The molecule has 1 aliphatic rings. The van der Waals surface area contributed by atoms with Crippen LogP contribution in [0.5, 0.6) is 0 Å². The third kappa shape index (κ3) is 4.63. The number of carbonyl (C=O) groups excluding carboxylic acids is 1. The molecule has 1 atom stereocenters. The van der Waals surface area contributed by atoms with Gasteiger partial charge in [0.2, 0.25) is 5.91 Å². The van der Waals surface area contributed by atoms with Gasteiger partial charge in [0, 0.05) is 17.6 Å². The Labute approximate surface area is 183 Å². The van der Waals surface area contributed by atoms with Crippen molar-refractivity contribution in [2.75, 3.05) is 23.3 Å². The summed E-state index contributed by atoms with van der Waals surface area (Å²) in [5.74, 6) is -1.96. The first-order valence-electron chi connectivity index (χ1n) is 9.57. The molecule has 1 amide bonds. The van der Waals surface area contributed by atoms with Crippen molar-refractivity contribution in [2.45, 2.75) is 19.0 Å². The molecule has 10 heteroatoms. The minimum absolute atomic E-state index is 0.0202. The molecule has 1 aliphatic heterocycles. The molecule has 2 heterocycles. The van der Waals surface area contributed by atoms with E-state index in [1.54, 1.807) is 24.3 Å². The van der Waals surface area contributed by atoms with Crippen LogP contribution in [0.25, 0.3) is 11.0 Å². The molecule has 3 aromatic rings. The minimum Gasteiger partial charge on any atom is -0.354 e. The maximum atomic E-state index is 14.1. The molecule has 0 unspecified atom stereocenters. The summed E-state index contributed by atoms with van der Waals surface area (Å²) in [6.45, 7) is 0.340. The Morgan fingerprint density at radius 3 is 2.52 bits per heavy atom. The molecule has 2 aromatic carbocycles. The van der Waals surface area contributed by atoms with Crippen molar-refractivity contribution in [3.05, 3.63) is 58.4 Å². The molecule has 4 rings (SSSR count). The number of piperidine rings is 1. The van der Waals surface area contributed by atoms with E-state index in [0.29, 0.717) is 29.4 Å². The van der Waals surface area contributed by atoms with E-state index < -0.39 is 29.5 Å². The number of fused-ring (bicyclic) bond motifs is 1. The van der Waals surface area contributed by atoms with Crippen molar-refractivity contribution in [1.29, 1.82) is 0 Å². The van der Waals surface area contributed by atoms with E-state index in [1.165, 1.54) is 23.1 Å². The van der Waals surface area contributed by atoms with E-state index in [4.69, 9.17) is 0 Å². The van der Waals surface area contributed by atoms with Crippen LogP contribution in [-0.4, -0.2) is 29.0 Å². The minimum atomic E-state index is -4.69. The SMILES string of the molecule is O=C(Nc1ccc(Br)cc1F)[C@H]1CCCN(c2nc3ccccc3nc2C(F)(F)F)C1. The van der Waals surface area contributed by atoms with Gasteiger partial charge in [-0.25, -0.2) is 14.4 Å². The summed E-state index contributed by atoms with van der Waals surface area (Å²) in [4.78, 5) is 22.1. The topological polar surface area (TPSA) is 58.1 Å². The highest BCUT2D eigenvalue weighted by Gasteiger charge is 2.40. The molecule has 1 saturated heterocycles. The first-order chi connectivity index (χ1) is 14.7. The first kappa shape index (κ1) is 21.5. The molecule has 0 radical (unpaired) electrons. The van der Waals surface area contributed by atoms with E-state index in [9.17, 15) is 22.4 Å². The lowest BCUT2D eigenvalue weighted by molar-refractivity contribution is -0.140. The molecule has 162 valence electrons. The Morgan fingerprint density at radius 2 is 1.84 bits per heavy atom. The fourth-order valence-electron chi connectivity index (χ4n) is 3.61. The van der Waals surface area contributed by atoms with Gasteiger partial charge >= 0.3 is 6.18 Å². The molecule has 1 N–H and O–H groups in total. The van der Waals surface area contributed by atoms with Crippen molar-refractivity contribution in [2.24, 2.45) is 5.92 Å². The van der Waals surface area contributed by atoms with Crippen LogP contribution in [0.1, 0.15) is 18.5 Å². The molecule has 1 aromatic heterocycles. The van der Waals surface area contributed by atoms with Crippen LogP contribution in [0, 0.1) is 11.7 Å². The number of alkyl halides is 3. The summed E-state index contributed by atoms with van der Waals surface area (Å²) in [6, 6.07) is 10.6. The number of amides is 1. The van der Waals surface area contributed by atoms with Gasteiger partial charge in [-0.1, -0.05) is 28.1 Å². The van der Waals surface area contributed by atoms with Crippen molar-refractivity contribution in [3.63, 3.8) is 0 Å². The maximum Gasteiger partial charge on any atom is 0.437 e. The van der Waals surface area contributed by atoms with E-state index in [1.807, 2.05) is 0 Å². The number of aromatic nitrogens is 2. The Bertz CT molecular complexity index is 1140. The first-order valence-corrected chi connectivity index (χ1v) is 10.4. The van der Waals surface area contributed by atoms with Crippen LogP contribution >= 0.6 is 15.9 Å². The van der Waals surface area contributed by atoms with Crippen LogP contribution in [0.3, 0.4) is 0 Å². The number of rotatable bonds is 3. The Balaban J connectivity index is 1.61. The molecule has 31 heavy (non-hydrogen) atoms. The molecular formula is C21H17BrF4N4O. The van der Waals surface area contributed by atoms with Crippen LogP contribution in [0.15, 0.2) is 46.9 Å². The number of carbonyl (C=O) groups is 1. The zero-order valence-corrected chi connectivity index (χ0v) is 17.7. The lowest BCUT2D eigenvalue weighted by Gasteiger charge is -2.34. The van der Waals surface area contributed by atoms with Crippen molar-refractivity contribution in [1.82, 2.24) is 9.97 Å². The number of hydrogen-bond donors (Lipinski definition) is 1. The lowest BCUT2D eigenvalue weighted by atomic mass is 9.96. The zero-order chi connectivity index (χ0) is 22.2. The quantitative estimate of drug-likeness (QED) is 0.493. The number of nitrogens with zero attached hydrogens (tertiary/aromatic N) is 3. The molecular weight excluding hydrogens is 480 g/mol. The molecule has 0 saturated carbocycles. The summed E-state index contributed by atoms with van der Waals surface area (Å²) in [5.41, 5.74) is -0.567.